The Bertz CT molecular complexity index is 303. The quantitative estimate of drug-likeness (QED) is 0.338. The highest BCUT2D eigenvalue weighted by Crippen LogP contribution is 2.49. The smallest absolute Gasteiger partial charge is 0.0211 e. The summed E-state index contributed by atoms with van der Waals surface area (Å²) in [6, 6.07) is 0. The summed E-state index contributed by atoms with van der Waals surface area (Å²) in [7, 11) is 0. The molecule has 0 aliphatic heterocycles. The predicted molar refractivity (Wildman–Crippen MR) is 116 cm³/mol. The Morgan fingerprint density at radius 3 is 1.08 bits per heavy atom. The molecule has 0 heterocycles. The second-order valence-electron chi connectivity index (χ2n) is 10.5. The molecule has 0 aromatic heterocycles. The molecule has 0 radical (unpaired) electrons. The lowest BCUT2D eigenvalue weighted by molar-refractivity contribution is 0.0496. The van der Waals surface area contributed by atoms with Gasteiger partial charge in [-0.3, -0.25) is 0 Å². The van der Waals surface area contributed by atoms with Gasteiger partial charge in [-0.05, 0) is 74.0 Å². The van der Waals surface area contributed by atoms with Crippen molar-refractivity contribution in [3.63, 3.8) is 0 Å². The molecule has 0 atom stereocenters. The lowest BCUT2D eigenvalue weighted by atomic mass is 9.58. The van der Waals surface area contributed by atoms with Crippen LogP contribution in [0.25, 0.3) is 0 Å². The zero-order valence-electron chi connectivity index (χ0n) is 19.3. The minimum Gasteiger partial charge on any atom is -0.325 e. The maximum absolute atomic E-state index is 7.36. The highest BCUT2D eigenvalue weighted by molar-refractivity contribution is 5.02. The maximum Gasteiger partial charge on any atom is 0.0211 e. The van der Waals surface area contributed by atoms with E-state index in [0.29, 0.717) is 5.41 Å². The van der Waals surface area contributed by atoms with E-state index in [1.54, 1.807) is 0 Å². The second-order valence-corrected chi connectivity index (χ2v) is 10.5. The molecule has 0 aromatic carbocycles. The van der Waals surface area contributed by atoms with Gasteiger partial charge in [0.05, 0.1) is 0 Å². The third kappa shape index (κ3) is 8.94. The second kappa shape index (κ2) is 11.6. The van der Waals surface area contributed by atoms with E-state index in [4.69, 9.17) is 5.73 Å². The minimum absolute atomic E-state index is 0.0000694. The van der Waals surface area contributed by atoms with Gasteiger partial charge in [0, 0.05) is 5.54 Å². The van der Waals surface area contributed by atoms with E-state index >= 15 is 0 Å². The van der Waals surface area contributed by atoms with Gasteiger partial charge >= 0.3 is 0 Å². The number of hydrogen-bond acceptors (Lipinski definition) is 1. The normalized spacial score (nSPS) is 13.7. The Kier molecular flexibility index (Phi) is 11.6. The fraction of sp³-hybridized carbons (Fsp3) is 1.00. The van der Waals surface area contributed by atoms with Crippen LogP contribution in [-0.2, 0) is 0 Å². The first-order valence-electron chi connectivity index (χ1n) is 11.3. The van der Waals surface area contributed by atoms with Crippen molar-refractivity contribution in [2.75, 3.05) is 0 Å². The first kappa shape index (κ1) is 25.0. The van der Waals surface area contributed by atoms with Gasteiger partial charge < -0.3 is 5.73 Å². The summed E-state index contributed by atoms with van der Waals surface area (Å²) < 4.78 is 0. The average Bonchev–Trinajstić information content (AvgIpc) is 2.51. The summed E-state index contributed by atoms with van der Waals surface area (Å²) in [5, 5.41) is 0. The van der Waals surface area contributed by atoms with Crippen molar-refractivity contribution in [2.24, 2.45) is 34.8 Å². The summed E-state index contributed by atoms with van der Waals surface area (Å²) in [5.74, 6) is 3.02. The van der Waals surface area contributed by atoms with Gasteiger partial charge in [-0.25, -0.2) is 0 Å². The van der Waals surface area contributed by atoms with E-state index < -0.39 is 0 Å². The molecule has 0 spiro atoms. The van der Waals surface area contributed by atoms with Crippen molar-refractivity contribution < 1.29 is 0 Å². The molecule has 0 bridgehead atoms. The van der Waals surface area contributed by atoms with Crippen molar-refractivity contribution >= 4 is 0 Å². The summed E-state index contributed by atoms with van der Waals surface area (Å²) in [6.45, 7) is 21.3. The van der Waals surface area contributed by atoms with Gasteiger partial charge in [-0.2, -0.15) is 0 Å². The molecule has 1 nitrogen and oxygen atoms in total. The summed E-state index contributed by atoms with van der Waals surface area (Å²) in [4.78, 5) is 0. The predicted octanol–water partition coefficient (Wildman–Crippen LogP) is 7.83. The Balaban J connectivity index is 5.62. The molecule has 152 valence electrons. The van der Waals surface area contributed by atoms with Crippen molar-refractivity contribution in [3.8, 4) is 0 Å². The maximum atomic E-state index is 7.36. The van der Waals surface area contributed by atoms with Crippen LogP contribution in [0.5, 0.6) is 0 Å². The zero-order valence-corrected chi connectivity index (χ0v) is 19.3. The van der Waals surface area contributed by atoms with Gasteiger partial charge in [0.15, 0.2) is 0 Å². The highest BCUT2D eigenvalue weighted by Gasteiger charge is 2.46. The van der Waals surface area contributed by atoms with Crippen molar-refractivity contribution in [3.05, 3.63) is 0 Å². The van der Waals surface area contributed by atoms with Crippen LogP contribution in [0, 0.1) is 29.1 Å². The Morgan fingerprint density at radius 1 is 0.560 bits per heavy atom. The third-order valence-corrected chi connectivity index (χ3v) is 6.47. The molecule has 0 rings (SSSR count). The number of hydrogen-bond donors (Lipinski definition) is 1. The molecule has 0 fully saturated rings. The van der Waals surface area contributed by atoms with Crippen LogP contribution in [-0.4, -0.2) is 5.54 Å². The van der Waals surface area contributed by atoms with Crippen LogP contribution in [0.2, 0.25) is 0 Å². The molecular formula is C24H51N. The van der Waals surface area contributed by atoms with Gasteiger partial charge in [0.1, 0.15) is 0 Å². The zero-order chi connectivity index (χ0) is 19.7. The third-order valence-electron chi connectivity index (χ3n) is 6.47. The summed E-state index contributed by atoms with van der Waals surface area (Å²) in [6.07, 6.45) is 11.4. The van der Waals surface area contributed by atoms with Gasteiger partial charge in [-0.1, -0.05) is 75.2 Å². The fourth-order valence-electron chi connectivity index (χ4n) is 4.21. The molecule has 25 heavy (non-hydrogen) atoms. The Hall–Kier alpha value is -0.0400. The monoisotopic (exact) mass is 353 g/mol. The standard InChI is InChI=1S/C24H51N/c1-10-23(15-11-19(2)3,16-12-20(4)5)24(25,17-13-21(6)7)18-14-22(8)9/h19-22H,10-18,25H2,1-9H3. The van der Waals surface area contributed by atoms with Crippen LogP contribution in [0.3, 0.4) is 0 Å². The van der Waals surface area contributed by atoms with Crippen LogP contribution in [0.4, 0.5) is 0 Å². The van der Waals surface area contributed by atoms with E-state index in [2.05, 4.69) is 62.3 Å². The van der Waals surface area contributed by atoms with Crippen LogP contribution in [0.15, 0.2) is 0 Å². The molecule has 0 saturated heterocycles. The van der Waals surface area contributed by atoms with Crippen LogP contribution >= 0.6 is 0 Å². The topological polar surface area (TPSA) is 26.0 Å². The minimum atomic E-state index is 0.0000694. The van der Waals surface area contributed by atoms with Crippen LogP contribution < -0.4 is 5.73 Å². The van der Waals surface area contributed by atoms with Crippen molar-refractivity contribution in [1.29, 1.82) is 0 Å². The van der Waals surface area contributed by atoms with E-state index in [1.807, 2.05) is 0 Å². The molecule has 1 heteroatoms. The number of rotatable bonds is 14. The summed E-state index contributed by atoms with van der Waals surface area (Å²) in [5.41, 5.74) is 7.67. The highest BCUT2D eigenvalue weighted by atomic mass is 14.8. The first-order chi connectivity index (χ1) is 11.5. The molecule has 2 N–H and O–H groups in total. The molecule has 0 aliphatic carbocycles. The average molecular weight is 354 g/mol. The summed E-state index contributed by atoms with van der Waals surface area (Å²) >= 11 is 0. The lowest BCUT2D eigenvalue weighted by Gasteiger charge is -2.51. The van der Waals surface area contributed by atoms with E-state index in [1.165, 1.54) is 57.8 Å². The van der Waals surface area contributed by atoms with Crippen molar-refractivity contribution in [2.45, 2.75) is 126 Å². The fourth-order valence-corrected chi connectivity index (χ4v) is 4.21. The van der Waals surface area contributed by atoms with E-state index in [-0.39, 0.29) is 5.54 Å². The SMILES string of the molecule is CCC(CCC(C)C)(CCC(C)C)C(N)(CCC(C)C)CCC(C)C. The van der Waals surface area contributed by atoms with Crippen LogP contribution in [0.1, 0.15) is 120 Å². The first-order valence-corrected chi connectivity index (χ1v) is 11.3. The van der Waals surface area contributed by atoms with Gasteiger partial charge in [0.25, 0.3) is 0 Å². The molecule has 0 amide bonds. The molecule has 0 unspecified atom stereocenters. The molecule has 0 aliphatic rings. The Labute approximate surface area is 160 Å². The Morgan fingerprint density at radius 2 is 0.840 bits per heavy atom. The van der Waals surface area contributed by atoms with E-state index in [9.17, 15) is 0 Å². The van der Waals surface area contributed by atoms with Gasteiger partial charge in [0.2, 0.25) is 0 Å². The molecule has 0 aromatic rings. The number of nitrogens with two attached hydrogens (primary N) is 1. The van der Waals surface area contributed by atoms with Crippen molar-refractivity contribution in [1.82, 2.24) is 0 Å². The molecule has 0 saturated carbocycles. The van der Waals surface area contributed by atoms with Gasteiger partial charge in [-0.15, -0.1) is 0 Å². The molecular weight excluding hydrogens is 302 g/mol. The largest absolute Gasteiger partial charge is 0.325 e. The van der Waals surface area contributed by atoms with E-state index in [0.717, 1.165) is 23.7 Å². The lowest BCUT2D eigenvalue weighted by Crippen LogP contribution is -2.56.